The molecule has 0 aromatic carbocycles. The third-order valence-electron chi connectivity index (χ3n) is 6.29. The molecule has 9 heteroatoms. The average Bonchev–Trinajstić information content (AvgIpc) is 2.77. The van der Waals surface area contributed by atoms with Crippen LogP contribution in [0.3, 0.4) is 0 Å². The maximum absolute atomic E-state index is 10.1. The molecule has 0 radical (unpaired) electrons. The minimum atomic E-state index is -4.51. The van der Waals surface area contributed by atoms with Crippen LogP contribution in [0.4, 0.5) is 0 Å². The molecule has 8 nitrogen and oxygen atoms in total. The van der Waals surface area contributed by atoms with E-state index in [2.05, 4.69) is 23.4 Å². The summed E-state index contributed by atoms with van der Waals surface area (Å²) >= 11 is 0. The highest BCUT2D eigenvalue weighted by Gasteiger charge is 2.09. The fourth-order valence-corrected chi connectivity index (χ4v) is 4.37. The van der Waals surface area contributed by atoms with E-state index in [1.807, 2.05) is 21.1 Å². The topological polar surface area (TPSA) is 102 Å². The average molecular weight is 555 g/mol. The zero-order valence-corrected chi connectivity index (χ0v) is 26.2. The summed E-state index contributed by atoms with van der Waals surface area (Å²) in [6.07, 6.45) is 22.2. The molecule has 226 valence electrons. The molecule has 37 heavy (non-hydrogen) atoms. The summed E-state index contributed by atoms with van der Waals surface area (Å²) in [5.74, 6) is 0. The van der Waals surface area contributed by atoms with E-state index in [1.54, 1.807) is 7.11 Å². The Balaban J connectivity index is 0. The van der Waals surface area contributed by atoms with Crippen molar-refractivity contribution in [2.24, 2.45) is 0 Å². The van der Waals surface area contributed by atoms with E-state index < -0.39 is 7.82 Å². The molecule has 0 spiro atoms. The van der Waals surface area contributed by atoms with E-state index in [4.69, 9.17) is 9.63 Å². The molecule has 0 aliphatic heterocycles. The van der Waals surface area contributed by atoms with Crippen LogP contribution in [0, 0.1) is 0 Å². The maximum atomic E-state index is 10.1. The summed E-state index contributed by atoms with van der Waals surface area (Å²) in [6.45, 7) is 5.07. The largest absolute Gasteiger partial charge is 0.756 e. The zero-order valence-electron chi connectivity index (χ0n) is 25.3. The molecule has 0 aliphatic carbocycles. The number of phosphoric ester groups is 1. The van der Waals surface area contributed by atoms with Crippen LogP contribution in [-0.2, 0) is 13.8 Å². The predicted octanol–water partition coefficient (Wildman–Crippen LogP) is 5.36. The molecule has 0 amide bonds. The minimum Gasteiger partial charge on any atom is -0.756 e. The van der Waals surface area contributed by atoms with Gasteiger partial charge in [-0.15, -0.1) is 0 Å². The second-order valence-electron chi connectivity index (χ2n) is 11.5. The predicted molar refractivity (Wildman–Crippen MR) is 154 cm³/mol. The number of unbranched alkanes of at least 4 members (excludes halogenated alkanes) is 15. The van der Waals surface area contributed by atoms with Crippen LogP contribution >= 0.6 is 7.82 Å². The van der Waals surface area contributed by atoms with Crippen molar-refractivity contribution in [2.45, 2.75) is 116 Å². The Bertz CT molecular complexity index is 513. The number of aliphatic hydroxyl groups excluding tert-OH is 1. The molecular formula is C28H63N2O6P. The summed E-state index contributed by atoms with van der Waals surface area (Å²) in [5, 5.41) is 9.69. The second-order valence-corrected chi connectivity index (χ2v) is 12.7. The van der Waals surface area contributed by atoms with E-state index >= 15 is 0 Å². The normalized spacial score (nSPS) is 14.3. The fraction of sp³-hybridized carbons (Fsp3) is 1.00. The number of methoxy groups -OCH3 is 1. The monoisotopic (exact) mass is 554 g/mol. The van der Waals surface area contributed by atoms with Crippen LogP contribution in [0.15, 0.2) is 0 Å². The number of phosphoric acid groups is 1. The van der Waals surface area contributed by atoms with Gasteiger partial charge in [-0.05, 0) is 20.0 Å². The van der Waals surface area contributed by atoms with Crippen molar-refractivity contribution in [3.8, 4) is 0 Å². The quantitative estimate of drug-likeness (QED) is 0.0890. The van der Waals surface area contributed by atoms with Crippen molar-refractivity contribution in [3.63, 3.8) is 0 Å². The summed E-state index contributed by atoms with van der Waals surface area (Å²) < 4.78 is 19.8. The van der Waals surface area contributed by atoms with Crippen LogP contribution in [0.2, 0.25) is 0 Å². The molecule has 0 saturated heterocycles. The number of hydrogen-bond acceptors (Lipinski definition) is 6. The molecule has 0 rings (SSSR count). The number of aliphatic hydroxyl groups is 1. The SMILES string of the molecule is CCCCCCCCCCCCCCCCCCN(C)CC(O)COC.C[N+](C)(C)CCOP(=O)([O-])O. The Morgan fingerprint density at radius 2 is 1.24 bits per heavy atom. The number of quaternary nitrogens is 1. The standard InChI is InChI=1S/C23H49NO2.C5H14NO4P/c1-4-5-6-7-8-9-10-11-12-13-14-15-16-17-18-19-20-24(2)21-23(25)22-26-3;1-6(2,3)4-5-10-11(7,8)9/h23,25H,4-22H2,1-3H3;4-5H2,1-3H3,(H-,7,8,9). The Hall–Kier alpha value is -0.0500. The lowest BCUT2D eigenvalue weighted by Crippen LogP contribution is -2.37. The summed E-state index contributed by atoms with van der Waals surface area (Å²) in [4.78, 5) is 20.5. The van der Waals surface area contributed by atoms with Gasteiger partial charge in [0.1, 0.15) is 13.2 Å². The first-order chi connectivity index (χ1) is 17.4. The van der Waals surface area contributed by atoms with Gasteiger partial charge in [-0.3, -0.25) is 4.57 Å². The van der Waals surface area contributed by atoms with Gasteiger partial charge in [0.15, 0.2) is 0 Å². The lowest BCUT2D eigenvalue weighted by atomic mass is 10.0. The van der Waals surface area contributed by atoms with Crippen LogP contribution in [0.5, 0.6) is 0 Å². The number of likely N-dealkylation sites (N-methyl/N-ethyl adjacent to an activating group) is 2. The molecule has 0 aliphatic rings. The van der Waals surface area contributed by atoms with Crippen molar-refractivity contribution in [2.75, 3.05) is 68.1 Å². The lowest BCUT2D eigenvalue weighted by Gasteiger charge is -2.25. The van der Waals surface area contributed by atoms with E-state index in [9.17, 15) is 14.6 Å². The van der Waals surface area contributed by atoms with Crippen molar-refractivity contribution >= 4 is 7.82 Å². The van der Waals surface area contributed by atoms with Gasteiger partial charge in [0.05, 0.1) is 33.9 Å². The first-order valence-corrected chi connectivity index (χ1v) is 16.2. The second kappa shape index (κ2) is 26.2. The zero-order chi connectivity index (χ0) is 28.4. The molecule has 0 aromatic rings. The lowest BCUT2D eigenvalue weighted by molar-refractivity contribution is -0.870. The highest BCUT2D eigenvalue weighted by molar-refractivity contribution is 7.44. The van der Waals surface area contributed by atoms with Gasteiger partial charge >= 0.3 is 0 Å². The minimum absolute atomic E-state index is 0.0147. The molecule has 0 fully saturated rings. The van der Waals surface area contributed by atoms with E-state index in [-0.39, 0.29) is 12.7 Å². The third kappa shape index (κ3) is 38.2. The van der Waals surface area contributed by atoms with Crippen LogP contribution < -0.4 is 4.89 Å². The van der Waals surface area contributed by atoms with Crippen LogP contribution in [-0.4, -0.2) is 93.6 Å². The van der Waals surface area contributed by atoms with Gasteiger partial charge in [0.2, 0.25) is 0 Å². The van der Waals surface area contributed by atoms with Gasteiger partial charge < -0.3 is 33.5 Å². The number of nitrogens with zero attached hydrogens (tertiary/aromatic N) is 2. The Labute approximate surface area is 229 Å². The van der Waals surface area contributed by atoms with E-state index in [1.165, 1.54) is 103 Å². The first kappa shape index (κ1) is 39.1. The molecular weight excluding hydrogens is 491 g/mol. The van der Waals surface area contributed by atoms with Gasteiger partial charge in [-0.1, -0.05) is 103 Å². The molecule has 0 aromatic heterocycles. The van der Waals surface area contributed by atoms with Gasteiger partial charge in [-0.25, -0.2) is 0 Å². The maximum Gasteiger partial charge on any atom is 0.265 e. The Morgan fingerprint density at radius 3 is 1.59 bits per heavy atom. The van der Waals surface area contributed by atoms with Crippen LogP contribution in [0.25, 0.3) is 0 Å². The van der Waals surface area contributed by atoms with E-state index in [0.717, 1.165) is 6.54 Å². The van der Waals surface area contributed by atoms with Gasteiger partial charge in [0.25, 0.3) is 7.82 Å². The van der Waals surface area contributed by atoms with Crippen LogP contribution in [0.1, 0.15) is 110 Å². The first-order valence-electron chi connectivity index (χ1n) is 14.8. The molecule has 0 heterocycles. The van der Waals surface area contributed by atoms with Crippen molar-refractivity contribution in [3.05, 3.63) is 0 Å². The van der Waals surface area contributed by atoms with Crippen molar-refractivity contribution in [1.82, 2.24) is 4.90 Å². The highest BCUT2D eigenvalue weighted by atomic mass is 31.2. The highest BCUT2D eigenvalue weighted by Crippen LogP contribution is 2.29. The Morgan fingerprint density at radius 1 is 0.838 bits per heavy atom. The number of ether oxygens (including phenoxy) is 1. The fourth-order valence-electron chi connectivity index (χ4n) is 4.06. The number of rotatable bonds is 25. The third-order valence-corrected chi connectivity index (χ3v) is 6.80. The van der Waals surface area contributed by atoms with Gasteiger partial charge in [0, 0.05) is 13.7 Å². The summed E-state index contributed by atoms with van der Waals surface area (Å²) in [7, 11) is 4.91. The number of hydrogen-bond donors (Lipinski definition) is 2. The molecule has 0 saturated carbocycles. The van der Waals surface area contributed by atoms with Crippen molar-refractivity contribution in [1.29, 1.82) is 0 Å². The summed E-state index contributed by atoms with van der Waals surface area (Å²) in [6, 6.07) is 0. The summed E-state index contributed by atoms with van der Waals surface area (Å²) in [5.41, 5.74) is 0. The smallest absolute Gasteiger partial charge is 0.265 e. The van der Waals surface area contributed by atoms with Crippen molar-refractivity contribution < 1.29 is 33.2 Å². The van der Waals surface area contributed by atoms with E-state index in [0.29, 0.717) is 24.2 Å². The molecule has 0 bridgehead atoms. The van der Waals surface area contributed by atoms with Gasteiger partial charge in [-0.2, -0.15) is 0 Å². The Kier molecular flexibility index (Phi) is 27.7. The molecule has 2 atom stereocenters. The molecule has 2 unspecified atom stereocenters. The molecule has 2 N–H and O–H groups in total.